The van der Waals surface area contributed by atoms with Gasteiger partial charge in [-0.15, -0.1) is 35.3 Å². The predicted molar refractivity (Wildman–Crippen MR) is 112 cm³/mol. The Hall–Kier alpha value is -0.340. The van der Waals surface area contributed by atoms with E-state index in [-0.39, 0.29) is 24.0 Å². The van der Waals surface area contributed by atoms with E-state index in [0.717, 1.165) is 37.9 Å². The Kier molecular flexibility index (Phi) is 10.1. The summed E-state index contributed by atoms with van der Waals surface area (Å²) in [5.41, 5.74) is 0. The molecule has 0 spiro atoms. The van der Waals surface area contributed by atoms with Crippen LogP contribution in [-0.4, -0.2) is 62.6 Å². The lowest BCUT2D eigenvalue weighted by Crippen LogP contribution is -2.44. The fourth-order valence-corrected chi connectivity index (χ4v) is 3.74. The third-order valence-corrected chi connectivity index (χ3v) is 5.24. The normalized spacial score (nSPS) is 19.3. The monoisotopic (exact) mass is 450 g/mol. The first-order chi connectivity index (χ1) is 10.7. The number of aliphatic imine (C=N–C) groups is 1. The van der Waals surface area contributed by atoms with Gasteiger partial charge in [0.25, 0.3) is 0 Å². The molecule has 0 radical (unpaired) electrons. The molecule has 1 aliphatic heterocycles. The molecule has 2 heterocycles. The van der Waals surface area contributed by atoms with Gasteiger partial charge in [-0.2, -0.15) is 0 Å². The third-order valence-electron chi connectivity index (χ3n) is 4.30. The first-order valence-corrected chi connectivity index (χ1v) is 9.23. The molecule has 23 heavy (non-hydrogen) atoms. The van der Waals surface area contributed by atoms with Crippen LogP contribution in [0.5, 0.6) is 0 Å². The van der Waals surface area contributed by atoms with Gasteiger partial charge in [-0.3, -0.25) is 4.99 Å². The number of nitrogens with one attached hydrogen (secondary N) is 1. The van der Waals surface area contributed by atoms with E-state index in [1.165, 1.54) is 30.8 Å². The van der Waals surface area contributed by atoms with E-state index in [1.54, 1.807) is 0 Å². The van der Waals surface area contributed by atoms with Gasteiger partial charge in [0.15, 0.2) is 5.96 Å². The van der Waals surface area contributed by atoms with E-state index in [1.807, 2.05) is 18.4 Å². The minimum Gasteiger partial charge on any atom is -0.355 e. The van der Waals surface area contributed by atoms with Crippen molar-refractivity contribution in [2.45, 2.75) is 26.2 Å². The highest BCUT2D eigenvalue weighted by Gasteiger charge is 2.15. The minimum atomic E-state index is 0. The maximum absolute atomic E-state index is 4.40. The van der Waals surface area contributed by atoms with Gasteiger partial charge < -0.3 is 15.1 Å². The zero-order valence-electron chi connectivity index (χ0n) is 14.6. The molecule has 0 bridgehead atoms. The molecule has 132 valence electrons. The second-order valence-electron chi connectivity index (χ2n) is 6.27. The Labute approximate surface area is 162 Å². The van der Waals surface area contributed by atoms with E-state index in [4.69, 9.17) is 0 Å². The zero-order chi connectivity index (χ0) is 15.8. The number of thiophene rings is 1. The summed E-state index contributed by atoms with van der Waals surface area (Å²) in [6, 6.07) is 4.32. The van der Waals surface area contributed by atoms with Crippen LogP contribution in [0.4, 0.5) is 0 Å². The Morgan fingerprint density at radius 1 is 1.52 bits per heavy atom. The molecule has 6 heteroatoms. The van der Waals surface area contributed by atoms with E-state index in [2.05, 4.69) is 51.6 Å². The molecule has 1 aromatic heterocycles. The fourth-order valence-electron chi connectivity index (χ4n) is 3.04. The van der Waals surface area contributed by atoms with Crippen molar-refractivity contribution in [2.75, 3.05) is 46.8 Å². The van der Waals surface area contributed by atoms with Crippen LogP contribution in [0.15, 0.2) is 22.5 Å². The van der Waals surface area contributed by atoms with Gasteiger partial charge in [0, 0.05) is 45.2 Å². The second-order valence-corrected chi connectivity index (χ2v) is 7.31. The largest absolute Gasteiger partial charge is 0.355 e. The Bertz CT molecular complexity index is 449. The maximum atomic E-state index is 4.40. The summed E-state index contributed by atoms with van der Waals surface area (Å²) in [4.78, 5) is 10.6. The molecular weight excluding hydrogens is 419 g/mol. The van der Waals surface area contributed by atoms with Crippen molar-refractivity contribution in [3.63, 3.8) is 0 Å². The highest BCUT2D eigenvalue weighted by Crippen LogP contribution is 2.14. The summed E-state index contributed by atoms with van der Waals surface area (Å²) >= 11 is 1.83. The van der Waals surface area contributed by atoms with Crippen molar-refractivity contribution in [2.24, 2.45) is 10.9 Å². The van der Waals surface area contributed by atoms with Crippen LogP contribution < -0.4 is 5.32 Å². The molecule has 1 atom stereocenters. The number of likely N-dealkylation sites (N-methyl/N-ethyl adjacent to an activating group) is 1. The van der Waals surface area contributed by atoms with Crippen LogP contribution in [-0.2, 0) is 6.42 Å². The number of rotatable bonds is 6. The van der Waals surface area contributed by atoms with Gasteiger partial charge in [0.05, 0.1) is 0 Å². The van der Waals surface area contributed by atoms with Gasteiger partial charge >= 0.3 is 0 Å². The maximum Gasteiger partial charge on any atom is 0.193 e. The molecule has 2 rings (SSSR count). The average molecular weight is 450 g/mol. The molecular formula is C17H31IN4S. The highest BCUT2D eigenvalue weighted by atomic mass is 127. The Morgan fingerprint density at radius 3 is 3.00 bits per heavy atom. The summed E-state index contributed by atoms with van der Waals surface area (Å²) in [5.74, 6) is 1.85. The quantitative estimate of drug-likeness (QED) is 0.411. The number of halogens is 1. The standard InChI is InChI=1S/C17H30N4S.HI/c1-15-6-4-10-21(14-15)12-9-19-17(18-2)20(3)11-8-16-7-5-13-22-16;/h5,7,13,15H,4,6,8-12,14H2,1-3H3,(H,18,19);1H. The van der Waals surface area contributed by atoms with Crippen molar-refractivity contribution in [1.29, 1.82) is 0 Å². The summed E-state index contributed by atoms with van der Waals surface area (Å²) in [6.07, 6.45) is 3.81. The highest BCUT2D eigenvalue weighted by molar-refractivity contribution is 14.0. The average Bonchev–Trinajstić information content (AvgIpc) is 3.03. The molecule has 1 unspecified atom stereocenters. The molecule has 4 nitrogen and oxygen atoms in total. The molecule has 1 saturated heterocycles. The summed E-state index contributed by atoms with van der Waals surface area (Å²) < 4.78 is 0. The third kappa shape index (κ3) is 7.39. The molecule has 1 aromatic rings. The first-order valence-electron chi connectivity index (χ1n) is 8.35. The fraction of sp³-hybridized carbons (Fsp3) is 0.706. The van der Waals surface area contributed by atoms with Gasteiger partial charge in [-0.1, -0.05) is 13.0 Å². The Morgan fingerprint density at radius 2 is 2.35 bits per heavy atom. The molecule has 1 aliphatic rings. The van der Waals surface area contributed by atoms with Crippen molar-refractivity contribution in [1.82, 2.24) is 15.1 Å². The molecule has 0 aliphatic carbocycles. The number of hydrogen-bond donors (Lipinski definition) is 1. The number of guanidine groups is 1. The minimum absolute atomic E-state index is 0. The van der Waals surface area contributed by atoms with Crippen LogP contribution in [0.25, 0.3) is 0 Å². The van der Waals surface area contributed by atoms with Crippen molar-refractivity contribution < 1.29 is 0 Å². The first kappa shape index (κ1) is 20.7. The lowest BCUT2D eigenvalue weighted by molar-refractivity contribution is 0.186. The van der Waals surface area contributed by atoms with Gasteiger partial charge in [0.2, 0.25) is 0 Å². The van der Waals surface area contributed by atoms with Crippen LogP contribution in [0.2, 0.25) is 0 Å². The predicted octanol–water partition coefficient (Wildman–Crippen LogP) is 3.15. The topological polar surface area (TPSA) is 30.9 Å². The van der Waals surface area contributed by atoms with Crippen LogP contribution in [0, 0.1) is 5.92 Å². The van der Waals surface area contributed by atoms with Gasteiger partial charge in [0.1, 0.15) is 0 Å². The van der Waals surface area contributed by atoms with Crippen LogP contribution in [0.1, 0.15) is 24.6 Å². The number of nitrogens with zero attached hydrogens (tertiary/aromatic N) is 3. The zero-order valence-corrected chi connectivity index (χ0v) is 17.8. The van der Waals surface area contributed by atoms with Crippen LogP contribution >= 0.6 is 35.3 Å². The smallest absolute Gasteiger partial charge is 0.193 e. The summed E-state index contributed by atoms with van der Waals surface area (Å²) in [7, 11) is 3.98. The molecule has 0 aromatic carbocycles. The molecule has 0 saturated carbocycles. The van der Waals surface area contributed by atoms with Gasteiger partial charge in [-0.25, -0.2) is 0 Å². The molecule has 1 N–H and O–H groups in total. The van der Waals surface area contributed by atoms with E-state index >= 15 is 0 Å². The second kappa shape index (κ2) is 11.3. The lowest BCUT2D eigenvalue weighted by atomic mass is 10.0. The van der Waals surface area contributed by atoms with Gasteiger partial charge in [-0.05, 0) is 43.2 Å². The summed E-state index contributed by atoms with van der Waals surface area (Å²) in [6.45, 7) is 7.94. The van der Waals surface area contributed by atoms with Crippen LogP contribution in [0.3, 0.4) is 0 Å². The number of hydrogen-bond acceptors (Lipinski definition) is 3. The van der Waals surface area contributed by atoms with Crippen molar-refractivity contribution >= 4 is 41.3 Å². The summed E-state index contributed by atoms with van der Waals surface area (Å²) in [5, 5.41) is 5.64. The SMILES string of the molecule is CN=C(NCCN1CCCC(C)C1)N(C)CCc1cccs1.I. The Balaban J connectivity index is 0.00000264. The lowest BCUT2D eigenvalue weighted by Gasteiger charge is -2.31. The van der Waals surface area contributed by atoms with E-state index < -0.39 is 0 Å². The number of likely N-dealkylation sites (tertiary alicyclic amines) is 1. The molecule has 1 fully saturated rings. The molecule has 0 amide bonds. The van der Waals surface area contributed by atoms with Crippen molar-refractivity contribution in [3.8, 4) is 0 Å². The van der Waals surface area contributed by atoms with Crippen molar-refractivity contribution in [3.05, 3.63) is 22.4 Å². The number of piperidine rings is 1. The van der Waals surface area contributed by atoms with E-state index in [9.17, 15) is 0 Å². The van der Waals surface area contributed by atoms with E-state index in [0.29, 0.717) is 0 Å².